The predicted octanol–water partition coefficient (Wildman–Crippen LogP) is 3.07. The first kappa shape index (κ1) is 12.9. The molecule has 1 rings (SSSR count). The molecule has 1 heterocycles. The molecule has 0 spiro atoms. The highest BCUT2D eigenvalue weighted by Gasteiger charge is 2.27. The van der Waals surface area contributed by atoms with Crippen molar-refractivity contribution in [3.05, 3.63) is 31.9 Å². The van der Waals surface area contributed by atoms with Crippen molar-refractivity contribution in [3.63, 3.8) is 0 Å². The first-order chi connectivity index (χ1) is 7.34. The first-order valence-electron chi connectivity index (χ1n) is 3.67. The van der Waals surface area contributed by atoms with E-state index in [2.05, 4.69) is 20.9 Å². The summed E-state index contributed by atoms with van der Waals surface area (Å²) in [6, 6.07) is 0.705. The van der Waals surface area contributed by atoms with Gasteiger partial charge in [-0.3, -0.25) is 4.79 Å². The average molecular weight is 315 g/mol. The maximum absolute atomic E-state index is 12.5. The Bertz CT molecular complexity index is 469. The molecule has 0 aromatic carbocycles. The quantitative estimate of drug-likeness (QED) is 0.488. The Morgan fingerprint density at radius 1 is 1.62 bits per heavy atom. The number of nitro groups is 1. The fourth-order valence-corrected chi connectivity index (χ4v) is 1.53. The number of aromatic nitrogens is 1. The van der Waals surface area contributed by atoms with Gasteiger partial charge in [-0.05, 0) is 37.4 Å². The lowest BCUT2D eigenvalue weighted by Gasteiger charge is -2.03. The molecule has 0 aliphatic carbocycles. The van der Waals surface area contributed by atoms with Gasteiger partial charge < -0.3 is 10.1 Å². The van der Waals surface area contributed by atoms with Crippen molar-refractivity contribution in [2.45, 2.75) is 6.43 Å². The first-order valence-corrected chi connectivity index (χ1v) is 4.84. The minimum Gasteiger partial charge on any atom is -0.358 e. The lowest BCUT2D eigenvalue weighted by molar-refractivity contribution is -0.390. The number of rotatable bonds is 3. The molecule has 5 nitrogen and oxygen atoms in total. The SMILES string of the molecule is O=C(Cl)c1cc(C(F)F)c(Br)c([N+](=O)[O-])n1. The summed E-state index contributed by atoms with van der Waals surface area (Å²) in [5, 5.41) is 9.34. The maximum Gasteiger partial charge on any atom is 0.379 e. The summed E-state index contributed by atoms with van der Waals surface area (Å²) in [7, 11) is 0. The van der Waals surface area contributed by atoms with Crippen LogP contribution in [0.15, 0.2) is 10.5 Å². The Balaban J connectivity index is 3.51. The molecule has 0 saturated carbocycles. The lowest BCUT2D eigenvalue weighted by atomic mass is 10.2. The number of nitrogens with zero attached hydrogens (tertiary/aromatic N) is 2. The maximum atomic E-state index is 12.5. The van der Waals surface area contributed by atoms with Gasteiger partial charge in [0.1, 0.15) is 4.47 Å². The van der Waals surface area contributed by atoms with Gasteiger partial charge in [0.15, 0.2) is 0 Å². The Morgan fingerprint density at radius 2 is 2.19 bits per heavy atom. The van der Waals surface area contributed by atoms with Gasteiger partial charge in [-0.1, -0.05) is 0 Å². The molecule has 9 heteroatoms. The Morgan fingerprint density at radius 3 is 2.56 bits per heavy atom. The van der Waals surface area contributed by atoms with Gasteiger partial charge in [0.05, 0.1) is 0 Å². The van der Waals surface area contributed by atoms with Crippen LogP contribution in [0.1, 0.15) is 22.5 Å². The number of alkyl halides is 2. The normalized spacial score (nSPS) is 10.6. The third-order valence-electron chi connectivity index (χ3n) is 1.58. The van der Waals surface area contributed by atoms with E-state index >= 15 is 0 Å². The van der Waals surface area contributed by atoms with Gasteiger partial charge in [-0.25, -0.2) is 8.78 Å². The molecule has 16 heavy (non-hydrogen) atoms. The summed E-state index contributed by atoms with van der Waals surface area (Å²) in [6.07, 6.45) is -2.98. The second-order valence-corrected chi connectivity index (χ2v) is 3.70. The van der Waals surface area contributed by atoms with Crippen LogP contribution in [0.25, 0.3) is 0 Å². The van der Waals surface area contributed by atoms with Gasteiger partial charge >= 0.3 is 5.82 Å². The predicted molar refractivity (Wildman–Crippen MR) is 53.7 cm³/mol. The summed E-state index contributed by atoms with van der Waals surface area (Å²) in [5.41, 5.74) is -1.29. The van der Waals surface area contributed by atoms with Crippen molar-refractivity contribution < 1.29 is 18.5 Å². The van der Waals surface area contributed by atoms with E-state index in [4.69, 9.17) is 11.6 Å². The Labute approximate surface area is 101 Å². The molecule has 1 aromatic rings. The standard InChI is InChI=1S/C7H2BrClF2N2O3/c8-4-2(6(10)11)1-3(5(9)14)12-7(4)13(15)16/h1,6H. The van der Waals surface area contributed by atoms with Crippen molar-refractivity contribution in [1.29, 1.82) is 0 Å². The Hall–Kier alpha value is -1.15. The highest BCUT2D eigenvalue weighted by Crippen LogP contribution is 2.34. The van der Waals surface area contributed by atoms with Crippen molar-refractivity contribution in [2.24, 2.45) is 0 Å². The summed E-state index contributed by atoms with van der Waals surface area (Å²) < 4.78 is 24.5. The highest BCUT2D eigenvalue weighted by molar-refractivity contribution is 9.10. The summed E-state index contributed by atoms with van der Waals surface area (Å²) in [5.74, 6) is -0.873. The zero-order chi connectivity index (χ0) is 12.5. The van der Waals surface area contributed by atoms with Gasteiger partial charge in [0.2, 0.25) is 5.69 Å². The number of carbonyl (C=O) groups excluding carboxylic acids is 1. The molecule has 0 N–H and O–H groups in total. The number of halogens is 4. The molecule has 0 bridgehead atoms. The van der Waals surface area contributed by atoms with Crippen molar-refractivity contribution in [2.75, 3.05) is 0 Å². The fourth-order valence-electron chi connectivity index (χ4n) is 0.916. The minimum atomic E-state index is -2.98. The number of hydrogen-bond acceptors (Lipinski definition) is 4. The van der Waals surface area contributed by atoms with Crippen LogP contribution in [0.5, 0.6) is 0 Å². The highest BCUT2D eigenvalue weighted by atomic mass is 79.9. The van der Waals surface area contributed by atoms with E-state index in [1.54, 1.807) is 0 Å². The number of carbonyl (C=O) groups is 1. The van der Waals surface area contributed by atoms with E-state index in [-0.39, 0.29) is 0 Å². The van der Waals surface area contributed by atoms with Gasteiger partial charge in [0, 0.05) is 11.6 Å². The minimum absolute atomic E-state index is 0.464. The van der Waals surface area contributed by atoms with Crippen LogP contribution in [-0.2, 0) is 0 Å². The topological polar surface area (TPSA) is 73.1 Å². The van der Waals surface area contributed by atoms with E-state index in [0.717, 1.165) is 0 Å². The Kier molecular flexibility index (Phi) is 3.87. The second kappa shape index (κ2) is 4.79. The molecule has 0 atom stereocenters. The van der Waals surface area contributed by atoms with Crippen LogP contribution in [0.3, 0.4) is 0 Å². The monoisotopic (exact) mass is 314 g/mol. The van der Waals surface area contributed by atoms with Crippen LogP contribution < -0.4 is 0 Å². The second-order valence-electron chi connectivity index (χ2n) is 2.57. The van der Waals surface area contributed by atoms with E-state index in [0.29, 0.717) is 6.07 Å². The van der Waals surface area contributed by atoms with Crippen molar-refractivity contribution in [1.82, 2.24) is 4.98 Å². The van der Waals surface area contributed by atoms with E-state index in [1.165, 1.54) is 0 Å². The largest absolute Gasteiger partial charge is 0.379 e. The molecule has 0 aliphatic heterocycles. The molecule has 0 amide bonds. The van der Waals surface area contributed by atoms with Gasteiger partial charge in [-0.15, -0.1) is 0 Å². The molecule has 0 saturated heterocycles. The van der Waals surface area contributed by atoms with Crippen LogP contribution in [-0.4, -0.2) is 15.1 Å². The summed E-state index contributed by atoms with van der Waals surface area (Å²) >= 11 is 7.65. The van der Waals surface area contributed by atoms with Crippen LogP contribution in [0.2, 0.25) is 0 Å². The molecular formula is C7H2BrClF2N2O3. The molecular weight excluding hydrogens is 313 g/mol. The number of pyridine rings is 1. The fraction of sp³-hybridized carbons (Fsp3) is 0.143. The zero-order valence-electron chi connectivity index (χ0n) is 7.29. The van der Waals surface area contributed by atoms with E-state index in [1.807, 2.05) is 0 Å². The van der Waals surface area contributed by atoms with Gasteiger partial charge in [-0.2, -0.15) is 0 Å². The summed E-state index contributed by atoms with van der Waals surface area (Å²) in [6.45, 7) is 0. The van der Waals surface area contributed by atoms with E-state index in [9.17, 15) is 23.7 Å². The van der Waals surface area contributed by atoms with Crippen LogP contribution in [0.4, 0.5) is 14.6 Å². The van der Waals surface area contributed by atoms with Crippen LogP contribution in [0, 0.1) is 10.1 Å². The third-order valence-corrected chi connectivity index (χ3v) is 2.58. The lowest BCUT2D eigenvalue weighted by Crippen LogP contribution is -2.03. The van der Waals surface area contributed by atoms with Crippen molar-refractivity contribution >= 4 is 38.6 Å². The average Bonchev–Trinajstić information content (AvgIpc) is 2.16. The van der Waals surface area contributed by atoms with E-state index < -0.39 is 38.1 Å². The molecule has 0 radical (unpaired) electrons. The number of hydrogen-bond donors (Lipinski definition) is 0. The van der Waals surface area contributed by atoms with Gasteiger partial charge in [0.25, 0.3) is 11.7 Å². The third kappa shape index (κ3) is 2.50. The van der Waals surface area contributed by atoms with Crippen molar-refractivity contribution in [3.8, 4) is 0 Å². The smallest absolute Gasteiger partial charge is 0.358 e. The molecule has 86 valence electrons. The molecule has 0 fully saturated rings. The zero-order valence-corrected chi connectivity index (χ0v) is 9.63. The molecule has 1 aromatic heterocycles. The molecule has 0 aliphatic rings. The molecule has 0 unspecified atom stereocenters. The summed E-state index contributed by atoms with van der Waals surface area (Å²) in [4.78, 5) is 23.5. The van der Waals surface area contributed by atoms with Crippen LogP contribution >= 0.6 is 27.5 Å².